The molecule has 2 aromatic heterocycles. The van der Waals surface area contributed by atoms with Crippen molar-refractivity contribution in [1.29, 1.82) is 0 Å². The number of nitro benzene ring substituents is 1. The van der Waals surface area contributed by atoms with Gasteiger partial charge in [-0.3, -0.25) is 20.2 Å². The Bertz CT molecular complexity index is 1010. The lowest BCUT2D eigenvalue weighted by Crippen LogP contribution is -2.13. The lowest BCUT2D eigenvalue weighted by Gasteiger charge is -2.10. The Balaban J connectivity index is 1.57. The third-order valence-electron chi connectivity index (χ3n) is 4.32. The molecule has 0 spiro atoms. The van der Waals surface area contributed by atoms with E-state index in [0.717, 1.165) is 18.7 Å². The van der Waals surface area contributed by atoms with Crippen molar-refractivity contribution in [3.8, 4) is 0 Å². The molecule has 1 aliphatic carbocycles. The molecule has 0 amide bonds. The van der Waals surface area contributed by atoms with Crippen molar-refractivity contribution in [2.75, 3.05) is 11.9 Å². The van der Waals surface area contributed by atoms with Gasteiger partial charge in [-0.2, -0.15) is 5.10 Å². The summed E-state index contributed by atoms with van der Waals surface area (Å²) in [5, 5.41) is 22.3. The third-order valence-corrected chi connectivity index (χ3v) is 4.63. The van der Waals surface area contributed by atoms with Gasteiger partial charge in [0.15, 0.2) is 4.77 Å². The molecule has 0 bridgehead atoms. The van der Waals surface area contributed by atoms with Crippen molar-refractivity contribution >= 4 is 34.5 Å². The lowest BCUT2D eigenvalue weighted by molar-refractivity contribution is -0.382. The molecule has 0 unspecified atom stereocenters. The van der Waals surface area contributed by atoms with Crippen LogP contribution in [-0.2, 0) is 6.54 Å². The maximum Gasteiger partial charge on any atom is 0.301 e. The van der Waals surface area contributed by atoms with Crippen LogP contribution in [0.3, 0.4) is 0 Å². The second kappa shape index (κ2) is 6.25. The van der Waals surface area contributed by atoms with E-state index in [0.29, 0.717) is 40.4 Å². The van der Waals surface area contributed by atoms with Crippen LogP contribution in [-0.4, -0.2) is 31.2 Å². The lowest BCUT2D eigenvalue weighted by atomic mass is 10.1. The highest BCUT2D eigenvalue weighted by Crippen LogP contribution is 2.39. The fraction of sp³-hybridized carbons (Fsp3) is 0.312. The van der Waals surface area contributed by atoms with E-state index in [-0.39, 0.29) is 10.6 Å². The normalized spacial score (nSPS) is 13.9. The molecule has 1 aliphatic rings. The average Bonchev–Trinajstić information content (AvgIpc) is 3.38. The molecular formula is C16H16N6O2S. The van der Waals surface area contributed by atoms with Gasteiger partial charge in [0, 0.05) is 25.2 Å². The van der Waals surface area contributed by atoms with Gasteiger partial charge in [-0.15, -0.1) is 0 Å². The summed E-state index contributed by atoms with van der Waals surface area (Å²) in [6.07, 6.45) is 3.89. The molecule has 0 radical (unpaired) electrons. The summed E-state index contributed by atoms with van der Waals surface area (Å²) in [6, 6.07) is 6.89. The second-order valence-electron chi connectivity index (χ2n) is 6.03. The summed E-state index contributed by atoms with van der Waals surface area (Å²) in [6.45, 7) is 1.11. The smallest absolute Gasteiger partial charge is 0.301 e. The summed E-state index contributed by atoms with van der Waals surface area (Å²) in [4.78, 5) is 15.3. The minimum Gasteiger partial charge on any atom is -0.378 e. The van der Waals surface area contributed by atoms with Crippen LogP contribution in [0, 0.1) is 14.9 Å². The fourth-order valence-electron chi connectivity index (χ4n) is 2.98. The topological polar surface area (TPSA) is 102 Å². The van der Waals surface area contributed by atoms with Crippen LogP contribution >= 0.6 is 12.2 Å². The Morgan fingerprint density at radius 3 is 3.00 bits per heavy atom. The van der Waals surface area contributed by atoms with E-state index in [9.17, 15) is 10.1 Å². The van der Waals surface area contributed by atoms with E-state index in [4.69, 9.17) is 12.2 Å². The first-order chi connectivity index (χ1) is 12.1. The molecule has 4 rings (SSSR count). The van der Waals surface area contributed by atoms with Crippen LogP contribution in [0.2, 0.25) is 0 Å². The monoisotopic (exact) mass is 356 g/mol. The molecular weight excluding hydrogens is 340 g/mol. The van der Waals surface area contributed by atoms with E-state index in [1.165, 1.54) is 0 Å². The largest absolute Gasteiger partial charge is 0.378 e. The Labute approximate surface area is 148 Å². The van der Waals surface area contributed by atoms with Gasteiger partial charge in [0.25, 0.3) is 0 Å². The average molecular weight is 356 g/mol. The van der Waals surface area contributed by atoms with Crippen LogP contribution in [0.5, 0.6) is 0 Å². The van der Waals surface area contributed by atoms with Crippen LogP contribution in [0.15, 0.2) is 30.5 Å². The van der Waals surface area contributed by atoms with Crippen LogP contribution in [0.4, 0.5) is 11.4 Å². The van der Waals surface area contributed by atoms with Gasteiger partial charge in [-0.25, -0.2) is 0 Å². The van der Waals surface area contributed by atoms with Crippen molar-refractivity contribution < 1.29 is 4.92 Å². The zero-order chi connectivity index (χ0) is 17.4. The predicted molar refractivity (Wildman–Crippen MR) is 96.3 cm³/mol. The first-order valence-electron chi connectivity index (χ1n) is 8.06. The number of rotatable bonds is 6. The number of aromatic amines is 1. The molecule has 25 heavy (non-hydrogen) atoms. The van der Waals surface area contributed by atoms with Gasteiger partial charge in [0.1, 0.15) is 11.5 Å². The van der Waals surface area contributed by atoms with E-state index in [1.807, 2.05) is 4.57 Å². The Morgan fingerprint density at radius 1 is 1.40 bits per heavy atom. The third kappa shape index (κ3) is 2.98. The maximum atomic E-state index is 11.5. The van der Waals surface area contributed by atoms with Crippen LogP contribution in [0.25, 0.3) is 10.9 Å². The number of aromatic nitrogens is 4. The standard InChI is InChI=1S/C16H16N6O2S/c23-22(24)14-11-2-1-7-17-12(11)5-6-13(14)18-8-9-21-15(10-3-4-10)19-20-16(21)25/h1-2,5-7,10,18H,3-4,8-9H2,(H,20,25). The van der Waals surface area contributed by atoms with Crippen molar-refractivity contribution in [3.63, 3.8) is 0 Å². The van der Waals surface area contributed by atoms with E-state index in [1.54, 1.807) is 30.5 Å². The second-order valence-corrected chi connectivity index (χ2v) is 6.42. The maximum absolute atomic E-state index is 11.5. The summed E-state index contributed by atoms with van der Waals surface area (Å²) in [5.41, 5.74) is 1.13. The first-order valence-corrected chi connectivity index (χ1v) is 8.47. The number of H-pyrrole nitrogens is 1. The van der Waals surface area contributed by atoms with Crippen molar-refractivity contribution in [1.82, 2.24) is 19.7 Å². The van der Waals surface area contributed by atoms with Gasteiger partial charge in [0.05, 0.1) is 15.8 Å². The molecule has 2 heterocycles. The SMILES string of the molecule is O=[N+]([O-])c1c(NCCn2c(C3CC3)n[nH]c2=S)ccc2ncccc12. The highest BCUT2D eigenvalue weighted by Gasteiger charge is 2.29. The molecule has 3 aromatic rings. The highest BCUT2D eigenvalue weighted by molar-refractivity contribution is 7.71. The molecule has 1 saturated carbocycles. The zero-order valence-corrected chi connectivity index (χ0v) is 14.1. The van der Waals surface area contributed by atoms with Gasteiger partial charge >= 0.3 is 5.69 Å². The van der Waals surface area contributed by atoms with Crippen molar-refractivity contribution in [2.24, 2.45) is 0 Å². The Kier molecular flexibility index (Phi) is 3.92. The molecule has 0 atom stereocenters. The predicted octanol–water partition coefficient (Wildman–Crippen LogP) is 3.39. The number of fused-ring (bicyclic) bond motifs is 1. The summed E-state index contributed by atoms with van der Waals surface area (Å²) < 4.78 is 2.55. The fourth-order valence-corrected chi connectivity index (χ4v) is 3.21. The number of nitrogens with one attached hydrogen (secondary N) is 2. The number of benzene rings is 1. The van der Waals surface area contributed by atoms with Gasteiger partial charge < -0.3 is 9.88 Å². The molecule has 2 N–H and O–H groups in total. The molecule has 1 aromatic carbocycles. The van der Waals surface area contributed by atoms with Crippen molar-refractivity contribution in [3.05, 3.63) is 51.2 Å². The minimum atomic E-state index is -0.370. The molecule has 0 aliphatic heterocycles. The number of hydrogen-bond donors (Lipinski definition) is 2. The molecule has 128 valence electrons. The first kappa shape index (κ1) is 15.7. The number of pyridine rings is 1. The number of anilines is 1. The molecule has 8 nitrogen and oxygen atoms in total. The van der Waals surface area contributed by atoms with Gasteiger partial charge in [-0.05, 0) is 49.3 Å². The quantitative estimate of drug-likeness (QED) is 0.399. The summed E-state index contributed by atoms with van der Waals surface area (Å²) >= 11 is 5.28. The number of nitrogens with zero attached hydrogens (tertiary/aromatic N) is 4. The van der Waals surface area contributed by atoms with Crippen LogP contribution in [0.1, 0.15) is 24.6 Å². The molecule has 1 fully saturated rings. The molecule has 0 saturated heterocycles. The number of nitro groups is 1. The number of hydrogen-bond acceptors (Lipinski definition) is 6. The van der Waals surface area contributed by atoms with E-state index in [2.05, 4.69) is 20.5 Å². The minimum absolute atomic E-state index is 0.0452. The van der Waals surface area contributed by atoms with Gasteiger partial charge in [-0.1, -0.05) is 0 Å². The van der Waals surface area contributed by atoms with E-state index < -0.39 is 0 Å². The zero-order valence-electron chi connectivity index (χ0n) is 13.3. The van der Waals surface area contributed by atoms with Crippen molar-refractivity contribution in [2.45, 2.75) is 25.3 Å². The van der Waals surface area contributed by atoms with Crippen LogP contribution < -0.4 is 5.32 Å². The van der Waals surface area contributed by atoms with Gasteiger partial charge in [0.2, 0.25) is 0 Å². The Hall–Kier alpha value is -2.81. The summed E-state index contributed by atoms with van der Waals surface area (Å²) in [5.74, 6) is 1.46. The Morgan fingerprint density at radius 2 is 2.24 bits per heavy atom. The summed E-state index contributed by atoms with van der Waals surface area (Å²) in [7, 11) is 0. The van der Waals surface area contributed by atoms with E-state index >= 15 is 0 Å². The molecule has 9 heteroatoms. The highest BCUT2D eigenvalue weighted by atomic mass is 32.1.